The van der Waals surface area contributed by atoms with Gasteiger partial charge in [0.05, 0.1) is 12.1 Å². The summed E-state index contributed by atoms with van der Waals surface area (Å²) in [4.78, 5) is 22.6. The number of carbonyl (C=O) groups excluding carboxylic acids is 1. The van der Waals surface area contributed by atoms with Crippen LogP contribution in [0.5, 0.6) is 0 Å². The Morgan fingerprint density at radius 2 is 1.90 bits per heavy atom. The summed E-state index contributed by atoms with van der Waals surface area (Å²) in [7, 11) is 1.86. The lowest BCUT2D eigenvalue weighted by molar-refractivity contribution is -0.139. The van der Waals surface area contributed by atoms with Gasteiger partial charge in [0.25, 0.3) is 0 Å². The largest absolute Gasteiger partial charge is 0.481 e. The van der Waals surface area contributed by atoms with E-state index in [2.05, 4.69) is 10.4 Å². The highest BCUT2D eigenvalue weighted by atomic mass is 16.4. The number of nitrogens with zero attached hydrogens (tertiary/aromatic N) is 2. The molecule has 0 bridgehead atoms. The number of carbonyl (C=O) groups is 2. The van der Waals surface area contributed by atoms with Crippen LogP contribution in [0.25, 0.3) is 0 Å². The van der Waals surface area contributed by atoms with Gasteiger partial charge in [-0.1, -0.05) is 13.8 Å². The van der Waals surface area contributed by atoms with Gasteiger partial charge in [-0.15, -0.1) is 0 Å². The van der Waals surface area contributed by atoms with Gasteiger partial charge in [0.15, 0.2) is 0 Å². The predicted octanol–water partition coefficient (Wildman–Crippen LogP) is 1.54. The number of aryl methyl sites for hydroxylation is 2. The number of aliphatic carboxylic acids is 1. The quantitative estimate of drug-likeness (QED) is 0.828. The zero-order valence-corrected chi connectivity index (χ0v) is 12.8. The third-order valence-electron chi connectivity index (χ3n) is 3.39. The number of carboxylic acid groups (broad SMARTS) is 1. The van der Waals surface area contributed by atoms with E-state index in [-0.39, 0.29) is 18.7 Å². The van der Waals surface area contributed by atoms with Crippen LogP contribution < -0.4 is 5.32 Å². The molecular formula is C14H23N3O3. The normalized spacial score (nSPS) is 11.4. The number of hydrogen-bond donors (Lipinski definition) is 2. The van der Waals surface area contributed by atoms with Gasteiger partial charge in [0.1, 0.15) is 0 Å². The van der Waals surface area contributed by atoms with E-state index in [4.69, 9.17) is 5.11 Å². The van der Waals surface area contributed by atoms with Gasteiger partial charge in [0, 0.05) is 31.3 Å². The maximum atomic E-state index is 11.9. The van der Waals surface area contributed by atoms with Gasteiger partial charge >= 0.3 is 5.97 Å². The molecule has 0 radical (unpaired) electrons. The highest BCUT2D eigenvalue weighted by Crippen LogP contribution is 2.24. The van der Waals surface area contributed by atoms with Crippen molar-refractivity contribution >= 4 is 11.9 Å². The Kier molecular flexibility index (Phi) is 4.92. The number of hydrogen-bond acceptors (Lipinski definition) is 3. The van der Waals surface area contributed by atoms with Gasteiger partial charge in [0.2, 0.25) is 5.91 Å². The van der Waals surface area contributed by atoms with Crippen LogP contribution in [0.15, 0.2) is 0 Å². The molecule has 6 heteroatoms. The molecule has 2 N–H and O–H groups in total. The molecule has 0 unspecified atom stereocenters. The third kappa shape index (κ3) is 4.36. The van der Waals surface area contributed by atoms with Crippen molar-refractivity contribution < 1.29 is 14.7 Å². The molecule has 1 aromatic rings. The molecule has 0 saturated carbocycles. The Morgan fingerprint density at radius 3 is 2.35 bits per heavy atom. The summed E-state index contributed by atoms with van der Waals surface area (Å²) in [6.45, 7) is 7.84. The van der Waals surface area contributed by atoms with E-state index in [0.29, 0.717) is 6.54 Å². The number of rotatable bonds is 6. The summed E-state index contributed by atoms with van der Waals surface area (Å²) in [5.41, 5.74) is 2.38. The number of carboxylic acids is 1. The standard InChI is InChI=1S/C14H23N3O3/c1-9-11(10(2)17(5)16-9)8-15-12(18)6-14(3,4)7-13(19)20/h6-8H2,1-5H3,(H,15,18)(H,19,20). The molecule has 112 valence electrons. The minimum absolute atomic E-state index is 0.0225. The molecule has 0 aromatic carbocycles. The van der Waals surface area contributed by atoms with E-state index in [1.165, 1.54) is 0 Å². The topological polar surface area (TPSA) is 84.2 Å². The summed E-state index contributed by atoms with van der Waals surface area (Å²) in [6.07, 6.45) is 0.170. The molecule has 1 heterocycles. The Hall–Kier alpha value is -1.85. The van der Waals surface area contributed by atoms with Gasteiger partial charge in [-0.05, 0) is 19.3 Å². The zero-order valence-electron chi connectivity index (χ0n) is 12.8. The highest BCUT2D eigenvalue weighted by molar-refractivity contribution is 5.77. The van der Waals surface area contributed by atoms with Crippen molar-refractivity contribution in [3.05, 3.63) is 17.0 Å². The highest BCUT2D eigenvalue weighted by Gasteiger charge is 2.25. The van der Waals surface area contributed by atoms with Gasteiger partial charge in [-0.3, -0.25) is 14.3 Å². The Labute approximate surface area is 119 Å². The monoisotopic (exact) mass is 281 g/mol. The molecule has 1 rings (SSSR count). The molecule has 1 aromatic heterocycles. The number of aromatic nitrogens is 2. The molecular weight excluding hydrogens is 258 g/mol. The Balaban J connectivity index is 2.58. The van der Waals surface area contributed by atoms with Crippen LogP contribution in [0.4, 0.5) is 0 Å². The molecule has 20 heavy (non-hydrogen) atoms. The van der Waals surface area contributed by atoms with E-state index in [1.807, 2.05) is 20.9 Å². The lowest BCUT2D eigenvalue weighted by Crippen LogP contribution is -2.30. The first-order valence-electron chi connectivity index (χ1n) is 6.60. The summed E-state index contributed by atoms with van der Waals surface area (Å²) in [5.74, 6) is -1.03. The van der Waals surface area contributed by atoms with Crippen LogP contribution in [0.3, 0.4) is 0 Å². The molecule has 0 atom stereocenters. The molecule has 1 amide bonds. The smallest absolute Gasteiger partial charge is 0.303 e. The minimum Gasteiger partial charge on any atom is -0.481 e. The summed E-state index contributed by atoms with van der Waals surface area (Å²) >= 11 is 0. The van der Waals surface area contributed by atoms with E-state index in [1.54, 1.807) is 18.5 Å². The maximum absolute atomic E-state index is 11.9. The van der Waals surface area contributed by atoms with Crippen molar-refractivity contribution in [1.29, 1.82) is 0 Å². The summed E-state index contributed by atoms with van der Waals surface area (Å²) in [6, 6.07) is 0. The molecule has 0 aliphatic rings. The summed E-state index contributed by atoms with van der Waals surface area (Å²) < 4.78 is 1.78. The first-order valence-corrected chi connectivity index (χ1v) is 6.60. The first kappa shape index (κ1) is 16.2. The van der Waals surface area contributed by atoms with Crippen LogP contribution in [0.1, 0.15) is 43.6 Å². The average molecular weight is 281 g/mol. The van der Waals surface area contributed by atoms with Crippen molar-refractivity contribution in [2.24, 2.45) is 12.5 Å². The van der Waals surface area contributed by atoms with E-state index in [0.717, 1.165) is 17.0 Å². The Morgan fingerprint density at radius 1 is 1.30 bits per heavy atom. The maximum Gasteiger partial charge on any atom is 0.303 e. The molecule has 6 nitrogen and oxygen atoms in total. The molecule has 0 aliphatic heterocycles. The van der Waals surface area contributed by atoms with Crippen LogP contribution in [-0.4, -0.2) is 26.8 Å². The molecule has 0 aliphatic carbocycles. The van der Waals surface area contributed by atoms with Crippen molar-refractivity contribution in [1.82, 2.24) is 15.1 Å². The lowest BCUT2D eigenvalue weighted by atomic mass is 9.85. The lowest BCUT2D eigenvalue weighted by Gasteiger charge is -2.21. The van der Waals surface area contributed by atoms with Crippen molar-refractivity contribution in [3.8, 4) is 0 Å². The van der Waals surface area contributed by atoms with E-state index < -0.39 is 11.4 Å². The van der Waals surface area contributed by atoms with Gasteiger partial charge in [-0.2, -0.15) is 5.10 Å². The predicted molar refractivity (Wildman–Crippen MR) is 75.2 cm³/mol. The van der Waals surface area contributed by atoms with Crippen molar-refractivity contribution in [2.45, 2.75) is 47.1 Å². The van der Waals surface area contributed by atoms with Crippen molar-refractivity contribution in [3.63, 3.8) is 0 Å². The average Bonchev–Trinajstić information content (AvgIpc) is 2.48. The first-order chi connectivity index (χ1) is 9.12. The van der Waals surface area contributed by atoms with Crippen LogP contribution >= 0.6 is 0 Å². The molecule has 0 saturated heterocycles. The SMILES string of the molecule is Cc1nn(C)c(C)c1CNC(=O)CC(C)(C)CC(=O)O. The van der Waals surface area contributed by atoms with Gasteiger partial charge in [-0.25, -0.2) is 0 Å². The second kappa shape index (κ2) is 6.07. The fourth-order valence-corrected chi connectivity index (χ4v) is 2.23. The Bertz CT molecular complexity index is 518. The summed E-state index contributed by atoms with van der Waals surface area (Å²) in [5, 5.41) is 15.9. The van der Waals surface area contributed by atoms with Crippen LogP contribution in [0.2, 0.25) is 0 Å². The zero-order chi connectivity index (χ0) is 15.5. The number of amides is 1. The van der Waals surface area contributed by atoms with Gasteiger partial charge < -0.3 is 10.4 Å². The van der Waals surface area contributed by atoms with Crippen LogP contribution in [-0.2, 0) is 23.2 Å². The molecule has 0 spiro atoms. The van der Waals surface area contributed by atoms with Crippen LogP contribution in [0, 0.1) is 19.3 Å². The molecule has 0 fully saturated rings. The second-order valence-corrected chi connectivity index (χ2v) is 5.96. The second-order valence-electron chi connectivity index (χ2n) is 5.96. The van der Waals surface area contributed by atoms with E-state index in [9.17, 15) is 9.59 Å². The minimum atomic E-state index is -0.887. The number of nitrogens with one attached hydrogen (secondary N) is 1. The van der Waals surface area contributed by atoms with E-state index >= 15 is 0 Å². The van der Waals surface area contributed by atoms with Crippen molar-refractivity contribution in [2.75, 3.05) is 0 Å². The third-order valence-corrected chi connectivity index (χ3v) is 3.39. The fourth-order valence-electron chi connectivity index (χ4n) is 2.23. The fraction of sp³-hybridized carbons (Fsp3) is 0.643.